The molecule has 0 fully saturated rings. The first-order valence-corrected chi connectivity index (χ1v) is 17.4. The predicted octanol–water partition coefficient (Wildman–Crippen LogP) is 13.5. The van der Waals surface area contributed by atoms with Gasteiger partial charge in [-0.05, 0) is 77.4 Å². The molecular formula is C48H32N2O. The van der Waals surface area contributed by atoms with Crippen molar-refractivity contribution in [2.75, 3.05) is 4.90 Å². The Labute approximate surface area is 295 Å². The lowest BCUT2D eigenvalue weighted by molar-refractivity contribution is 0.669. The van der Waals surface area contributed by atoms with Gasteiger partial charge in [-0.3, -0.25) is 0 Å². The van der Waals surface area contributed by atoms with E-state index in [1.54, 1.807) is 0 Å². The van der Waals surface area contributed by atoms with Crippen LogP contribution in [0.3, 0.4) is 0 Å². The second-order valence-electron chi connectivity index (χ2n) is 12.9. The number of nitrogens with zero attached hydrogens (tertiary/aromatic N) is 2. The summed E-state index contributed by atoms with van der Waals surface area (Å²) < 4.78 is 8.83. The number of anilines is 3. The molecule has 3 heteroatoms. The van der Waals surface area contributed by atoms with Crippen molar-refractivity contribution in [1.29, 1.82) is 0 Å². The van der Waals surface area contributed by atoms with Gasteiger partial charge in [-0.1, -0.05) is 133 Å². The topological polar surface area (TPSA) is 21.3 Å². The van der Waals surface area contributed by atoms with E-state index in [0.717, 1.165) is 72.5 Å². The monoisotopic (exact) mass is 652 g/mol. The summed E-state index contributed by atoms with van der Waals surface area (Å²) in [5.74, 6) is 0. The minimum atomic E-state index is 0.877. The Balaban J connectivity index is 1.31. The molecule has 240 valence electrons. The fourth-order valence-corrected chi connectivity index (χ4v) is 7.81. The van der Waals surface area contributed by atoms with E-state index in [2.05, 4.69) is 198 Å². The van der Waals surface area contributed by atoms with E-state index in [1.807, 2.05) is 6.07 Å². The molecule has 10 rings (SSSR count). The third-order valence-corrected chi connectivity index (χ3v) is 9.98. The zero-order valence-electron chi connectivity index (χ0n) is 27.8. The van der Waals surface area contributed by atoms with Gasteiger partial charge in [0, 0.05) is 44.2 Å². The quantitative estimate of drug-likeness (QED) is 0.178. The van der Waals surface area contributed by atoms with Gasteiger partial charge in [0.05, 0.1) is 16.7 Å². The van der Waals surface area contributed by atoms with Crippen LogP contribution in [0, 0.1) is 0 Å². The molecule has 0 bridgehead atoms. The molecule has 0 radical (unpaired) electrons. The van der Waals surface area contributed by atoms with E-state index in [9.17, 15) is 0 Å². The first-order chi connectivity index (χ1) is 25.3. The van der Waals surface area contributed by atoms with Crippen molar-refractivity contribution < 1.29 is 4.42 Å². The molecule has 10 aromatic rings. The van der Waals surface area contributed by atoms with E-state index >= 15 is 0 Å². The Morgan fingerprint density at radius 2 is 1.04 bits per heavy atom. The summed E-state index contributed by atoms with van der Waals surface area (Å²) in [4.78, 5) is 2.41. The standard InChI is InChI=1S/C48H32N2O/c1-4-16-33(17-5-1)37-24-14-27-43(47(37)41-25-15-29-46-48(41)40-23-11-13-28-45(40)51-46)49(34-18-6-2-7-19-34)36-30-31-39-38-22-10-12-26-42(38)50(44(39)32-36)35-20-8-3-9-21-35/h1-32H. The normalized spacial score (nSPS) is 11.5. The van der Waals surface area contributed by atoms with Gasteiger partial charge < -0.3 is 13.9 Å². The van der Waals surface area contributed by atoms with Crippen LogP contribution in [-0.4, -0.2) is 4.57 Å². The zero-order valence-corrected chi connectivity index (χ0v) is 27.8. The lowest BCUT2D eigenvalue weighted by atomic mass is 9.89. The molecule has 0 N–H and O–H groups in total. The molecule has 0 aliphatic rings. The summed E-state index contributed by atoms with van der Waals surface area (Å²) in [5.41, 5.74) is 13.1. The van der Waals surface area contributed by atoms with Crippen molar-refractivity contribution in [1.82, 2.24) is 4.57 Å². The van der Waals surface area contributed by atoms with Crippen LogP contribution in [0.15, 0.2) is 199 Å². The second-order valence-corrected chi connectivity index (χ2v) is 12.9. The van der Waals surface area contributed by atoms with Crippen LogP contribution in [0.5, 0.6) is 0 Å². The summed E-state index contributed by atoms with van der Waals surface area (Å²) in [6.07, 6.45) is 0. The van der Waals surface area contributed by atoms with E-state index in [1.165, 1.54) is 16.3 Å². The number of aromatic nitrogens is 1. The fourth-order valence-electron chi connectivity index (χ4n) is 7.81. The Hall–Kier alpha value is -6.84. The van der Waals surface area contributed by atoms with Crippen LogP contribution < -0.4 is 4.90 Å². The Morgan fingerprint density at radius 3 is 1.86 bits per heavy atom. The number of rotatable bonds is 6. The van der Waals surface area contributed by atoms with Crippen molar-refractivity contribution >= 4 is 60.8 Å². The van der Waals surface area contributed by atoms with Crippen LogP contribution in [0.4, 0.5) is 17.1 Å². The van der Waals surface area contributed by atoms with Crippen molar-refractivity contribution in [3.63, 3.8) is 0 Å². The van der Waals surface area contributed by atoms with Crippen molar-refractivity contribution in [3.8, 4) is 27.9 Å². The number of para-hydroxylation sites is 4. The highest BCUT2D eigenvalue weighted by molar-refractivity contribution is 6.16. The van der Waals surface area contributed by atoms with Crippen LogP contribution in [0.25, 0.3) is 71.7 Å². The third kappa shape index (κ3) is 4.74. The molecule has 0 saturated carbocycles. The largest absolute Gasteiger partial charge is 0.456 e. The van der Waals surface area contributed by atoms with Gasteiger partial charge in [0.2, 0.25) is 0 Å². The van der Waals surface area contributed by atoms with Crippen molar-refractivity contribution in [3.05, 3.63) is 194 Å². The molecule has 2 aromatic heterocycles. The maximum atomic E-state index is 6.45. The lowest BCUT2D eigenvalue weighted by Crippen LogP contribution is -2.12. The Bertz CT molecular complexity index is 2850. The van der Waals surface area contributed by atoms with Gasteiger partial charge in [-0.25, -0.2) is 0 Å². The molecule has 51 heavy (non-hydrogen) atoms. The average molecular weight is 653 g/mol. The molecule has 0 atom stereocenters. The Kier molecular flexibility index (Phi) is 6.81. The predicted molar refractivity (Wildman–Crippen MR) is 214 cm³/mol. The highest BCUT2D eigenvalue weighted by Crippen LogP contribution is 2.49. The minimum absolute atomic E-state index is 0.877. The summed E-state index contributed by atoms with van der Waals surface area (Å²) in [7, 11) is 0. The van der Waals surface area contributed by atoms with Gasteiger partial charge in [-0.2, -0.15) is 0 Å². The van der Waals surface area contributed by atoms with Crippen molar-refractivity contribution in [2.24, 2.45) is 0 Å². The average Bonchev–Trinajstić information content (AvgIpc) is 3.75. The number of furan rings is 1. The van der Waals surface area contributed by atoms with Crippen LogP contribution >= 0.6 is 0 Å². The van der Waals surface area contributed by atoms with Gasteiger partial charge in [-0.15, -0.1) is 0 Å². The van der Waals surface area contributed by atoms with E-state index in [0.29, 0.717) is 0 Å². The van der Waals surface area contributed by atoms with Crippen LogP contribution in [-0.2, 0) is 0 Å². The van der Waals surface area contributed by atoms with E-state index < -0.39 is 0 Å². The highest BCUT2D eigenvalue weighted by atomic mass is 16.3. The zero-order chi connectivity index (χ0) is 33.7. The fraction of sp³-hybridized carbons (Fsp3) is 0. The summed E-state index contributed by atoms with van der Waals surface area (Å²) in [6.45, 7) is 0. The molecule has 0 amide bonds. The summed E-state index contributed by atoms with van der Waals surface area (Å²) in [6, 6.07) is 69.2. The molecule has 2 heterocycles. The maximum Gasteiger partial charge on any atom is 0.136 e. The number of hydrogen-bond donors (Lipinski definition) is 0. The molecule has 0 aliphatic carbocycles. The lowest BCUT2D eigenvalue weighted by Gasteiger charge is -2.29. The minimum Gasteiger partial charge on any atom is -0.456 e. The first-order valence-electron chi connectivity index (χ1n) is 17.4. The van der Waals surface area contributed by atoms with E-state index in [4.69, 9.17) is 4.42 Å². The molecule has 0 aliphatic heterocycles. The molecule has 0 spiro atoms. The maximum absolute atomic E-state index is 6.45. The van der Waals surface area contributed by atoms with E-state index in [-0.39, 0.29) is 0 Å². The van der Waals surface area contributed by atoms with Gasteiger partial charge >= 0.3 is 0 Å². The van der Waals surface area contributed by atoms with Crippen LogP contribution in [0.2, 0.25) is 0 Å². The van der Waals surface area contributed by atoms with Crippen molar-refractivity contribution in [2.45, 2.75) is 0 Å². The highest BCUT2D eigenvalue weighted by Gasteiger charge is 2.24. The molecule has 0 unspecified atom stereocenters. The first kappa shape index (κ1) is 29.1. The SMILES string of the molecule is c1ccc(-c2cccc(N(c3ccccc3)c3ccc4c5ccccc5n(-c5ccccc5)c4c3)c2-c2cccc3oc4ccccc4c23)cc1. The summed E-state index contributed by atoms with van der Waals surface area (Å²) >= 11 is 0. The molecular weight excluding hydrogens is 621 g/mol. The second kappa shape index (κ2) is 11.9. The number of benzene rings is 8. The number of fused-ring (bicyclic) bond motifs is 6. The smallest absolute Gasteiger partial charge is 0.136 e. The van der Waals surface area contributed by atoms with Gasteiger partial charge in [0.15, 0.2) is 0 Å². The third-order valence-electron chi connectivity index (χ3n) is 9.98. The molecule has 3 nitrogen and oxygen atoms in total. The molecule has 0 saturated heterocycles. The Morgan fingerprint density at radius 1 is 0.412 bits per heavy atom. The molecule has 8 aromatic carbocycles. The number of hydrogen-bond acceptors (Lipinski definition) is 2. The van der Waals surface area contributed by atoms with Gasteiger partial charge in [0.25, 0.3) is 0 Å². The van der Waals surface area contributed by atoms with Gasteiger partial charge in [0.1, 0.15) is 11.2 Å². The van der Waals surface area contributed by atoms with Crippen LogP contribution in [0.1, 0.15) is 0 Å². The summed E-state index contributed by atoms with van der Waals surface area (Å²) in [5, 5.41) is 4.68.